The Morgan fingerprint density at radius 2 is 2.03 bits per heavy atom. The Morgan fingerprint density at radius 1 is 1.28 bits per heavy atom. The summed E-state index contributed by atoms with van der Waals surface area (Å²) in [5.74, 6) is 1.05. The predicted molar refractivity (Wildman–Crippen MR) is 116 cm³/mol. The molecule has 1 aromatic heterocycles. The minimum absolute atomic E-state index is 0.160. The van der Waals surface area contributed by atoms with Crippen LogP contribution >= 0.6 is 11.6 Å². The fraction of sp³-hybridized carbons (Fsp3) is 0.619. The average molecular weight is 419 g/mol. The van der Waals surface area contributed by atoms with Crippen LogP contribution in [0.4, 0.5) is 11.9 Å². The van der Waals surface area contributed by atoms with Crippen molar-refractivity contribution in [2.45, 2.75) is 70.4 Å². The molecule has 0 spiro atoms. The van der Waals surface area contributed by atoms with Gasteiger partial charge in [0.1, 0.15) is 0 Å². The molecule has 2 aliphatic rings. The fourth-order valence-electron chi connectivity index (χ4n) is 4.88. The highest BCUT2D eigenvalue weighted by molar-refractivity contribution is 6.30. The molecule has 3 heterocycles. The first-order chi connectivity index (χ1) is 13.8. The van der Waals surface area contributed by atoms with Crippen molar-refractivity contribution in [1.82, 2.24) is 20.1 Å². The molecular formula is C21H31ClN6O. The summed E-state index contributed by atoms with van der Waals surface area (Å²) >= 11 is 6.10. The number of aromatic nitrogens is 3. The van der Waals surface area contributed by atoms with E-state index in [9.17, 15) is 0 Å². The maximum atomic E-state index is 6.40. The van der Waals surface area contributed by atoms with E-state index in [1.165, 1.54) is 12.0 Å². The van der Waals surface area contributed by atoms with Crippen molar-refractivity contribution in [3.63, 3.8) is 0 Å². The largest absolute Gasteiger partial charge is 0.370 e. The highest BCUT2D eigenvalue weighted by Crippen LogP contribution is 2.36. The van der Waals surface area contributed by atoms with Gasteiger partial charge in [0.2, 0.25) is 11.9 Å². The number of morpholine rings is 1. The average Bonchev–Trinajstić information content (AvgIpc) is 3.11. The van der Waals surface area contributed by atoms with E-state index in [0.717, 1.165) is 37.4 Å². The highest BCUT2D eigenvalue weighted by Gasteiger charge is 2.46. The first-order valence-electron chi connectivity index (χ1n) is 10.5. The summed E-state index contributed by atoms with van der Waals surface area (Å²) in [6.45, 7) is 8.37. The normalized spacial score (nSPS) is 27.9. The van der Waals surface area contributed by atoms with Crippen LogP contribution in [-0.4, -0.2) is 57.1 Å². The lowest BCUT2D eigenvalue weighted by molar-refractivity contribution is -0.175. The van der Waals surface area contributed by atoms with Gasteiger partial charge >= 0.3 is 0 Å². The van der Waals surface area contributed by atoms with Crippen molar-refractivity contribution >= 4 is 23.5 Å². The number of nitrogens with two attached hydrogens (primary N) is 1. The first kappa shape index (κ1) is 20.4. The number of nitrogens with zero attached hydrogens (tertiary/aromatic N) is 4. The number of benzene rings is 1. The quantitative estimate of drug-likeness (QED) is 0.791. The van der Waals surface area contributed by atoms with E-state index in [2.05, 4.69) is 57.9 Å². The molecule has 2 saturated heterocycles. The van der Waals surface area contributed by atoms with Gasteiger partial charge in [0.05, 0.1) is 17.9 Å². The smallest absolute Gasteiger partial charge is 0.247 e. The van der Waals surface area contributed by atoms with E-state index in [-0.39, 0.29) is 23.9 Å². The third kappa shape index (κ3) is 4.37. The molecule has 0 amide bonds. The summed E-state index contributed by atoms with van der Waals surface area (Å²) in [5, 5.41) is 7.90. The van der Waals surface area contributed by atoms with Gasteiger partial charge in [0.15, 0.2) is 0 Å². The summed E-state index contributed by atoms with van der Waals surface area (Å²) < 4.78 is 6.40. The van der Waals surface area contributed by atoms with E-state index in [1.807, 2.05) is 12.1 Å². The number of piperidine rings is 1. The molecule has 1 aromatic carbocycles. The zero-order valence-electron chi connectivity index (χ0n) is 17.4. The van der Waals surface area contributed by atoms with Crippen molar-refractivity contribution in [1.29, 1.82) is 0 Å². The number of hydrogen-bond donors (Lipinski definition) is 2. The van der Waals surface area contributed by atoms with Gasteiger partial charge < -0.3 is 15.4 Å². The summed E-state index contributed by atoms with van der Waals surface area (Å²) in [6, 6.07) is 8.38. The third-order valence-corrected chi connectivity index (χ3v) is 6.37. The van der Waals surface area contributed by atoms with Crippen molar-refractivity contribution in [2.75, 3.05) is 23.7 Å². The van der Waals surface area contributed by atoms with Crippen LogP contribution in [0.1, 0.15) is 45.6 Å². The molecule has 4 rings (SSSR count). The van der Waals surface area contributed by atoms with Gasteiger partial charge in [-0.3, -0.25) is 4.90 Å². The monoisotopic (exact) mass is 418 g/mol. The van der Waals surface area contributed by atoms with E-state index in [0.29, 0.717) is 11.9 Å². The number of halogens is 1. The lowest BCUT2D eigenvalue weighted by atomic mass is 9.87. The Kier molecular flexibility index (Phi) is 5.73. The number of hydrogen-bond acceptors (Lipinski definition) is 6. The number of rotatable bonds is 4. The molecule has 2 aliphatic heterocycles. The molecule has 8 heteroatoms. The van der Waals surface area contributed by atoms with Crippen molar-refractivity contribution in [3.8, 4) is 0 Å². The second kappa shape index (κ2) is 8.13. The number of aromatic amines is 1. The van der Waals surface area contributed by atoms with Gasteiger partial charge in [0.25, 0.3) is 0 Å². The summed E-state index contributed by atoms with van der Waals surface area (Å²) in [5.41, 5.74) is 6.80. The molecule has 3 N–H and O–H groups in total. The van der Waals surface area contributed by atoms with Crippen LogP contribution in [-0.2, 0) is 11.2 Å². The summed E-state index contributed by atoms with van der Waals surface area (Å²) in [6.07, 6.45) is 4.69. The van der Waals surface area contributed by atoms with Crippen LogP contribution in [0.5, 0.6) is 0 Å². The second-order valence-electron chi connectivity index (χ2n) is 8.77. The first-order valence-corrected chi connectivity index (χ1v) is 10.8. The summed E-state index contributed by atoms with van der Waals surface area (Å²) in [4.78, 5) is 9.33. The Morgan fingerprint density at radius 3 is 2.72 bits per heavy atom. The molecule has 158 valence electrons. The van der Waals surface area contributed by atoms with E-state index in [1.54, 1.807) is 0 Å². The Hall–Kier alpha value is -1.83. The maximum Gasteiger partial charge on any atom is 0.247 e. The lowest BCUT2D eigenvalue weighted by Gasteiger charge is -2.54. The second-order valence-corrected chi connectivity index (χ2v) is 9.20. The SMILES string of the molecule is C[C@H]1CN(C2CCCCN2c2n[nH]c(N)n2)[C@@H](Cc2ccc(Cl)cc2)C(C)(C)O1. The maximum absolute atomic E-state index is 6.40. The van der Waals surface area contributed by atoms with Gasteiger partial charge in [-0.15, -0.1) is 5.10 Å². The fourth-order valence-corrected chi connectivity index (χ4v) is 5.01. The molecule has 7 nitrogen and oxygen atoms in total. The van der Waals surface area contributed by atoms with Crippen LogP contribution in [0, 0.1) is 0 Å². The molecular weight excluding hydrogens is 388 g/mol. The number of nitrogen functional groups attached to an aromatic ring is 1. The minimum atomic E-state index is -0.279. The topological polar surface area (TPSA) is 83.3 Å². The number of ether oxygens (including phenoxy) is 1. The van der Waals surface area contributed by atoms with Crippen LogP contribution in [0.25, 0.3) is 0 Å². The predicted octanol–water partition coefficient (Wildman–Crippen LogP) is 3.47. The molecule has 0 saturated carbocycles. The van der Waals surface area contributed by atoms with Crippen LogP contribution in [0.15, 0.2) is 24.3 Å². The molecule has 0 radical (unpaired) electrons. The minimum Gasteiger partial charge on any atom is -0.370 e. The Labute approximate surface area is 177 Å². The summed E-state index contributed by atoms with van der Waals surface area (Å²) in [7, 11) is 0. The molecule has 3 atom stereocenters. The zero-order chi connectivity index (χ0) is 20.6. The zero-order valence-corrected chi connectivity index (χ0v) is 18.2. The molecule has 0 bridgehead atoms. The van der Waals surface area contributed by atoms with Crippen LogP contribution < -0.4 is 10.6 Å². The van der Waals surface area contributed by atoms with E-state index < -0.39 is 0 Å². The van der Waals surface area contributed by atoms with Gasteiger partial charge in [-0.25, -0.2) is 5.10 Å². The Bertz CT molecular complexity index is 823. The van der Waals surface area contributed by atoms with Gasteiger partial charge in [-0.2, -0.15) is 4.98 Å². The van der Waals surface area contributed by atoms with Gasteiger partial charge in [-0.1, -0.05) is 23.7 Å². The molecule has 1 unspecified atom stereocenters. The molecule has 29 heavy (non-hydrogen) atoms. The van der Waals surface area contributed by atoms with Gasteiger partial charge in [0, 0.05) is 24.2 Å². The van der Waals surface area contributed by atoms with E-state index in [4.69, 9.17) is 22.1 Å². The number of H-pyrrole nitrogens is 1. The van der Waals surface area contributed by atoms with Crippen molar-refractivity contribution in [2.24, 2.45) is 0 Å². The lowest BCUT2D eigenvalue weighted by Crippen LogP contribution is -2.66. The van der Waals surface area contributed by atoms with Crippen molar-refractivity contribution < 1.29 is 4.74 Å². The van der Waals surface area contributed by atoms with Gasteiger partial charge in [-0.05, 0) is 64.2 Å². The molecule has 2 fully saturated rings. The molecule has 2 aromatic rings. The number of anilines is 2. The highest BCUT2D eigenvalue weighted by atomic mass is 35.5. The Balaban J connectivity index is 1.65. The van der Waals surface area contributed by atoms with Crippen LogP contribution in [0.3, 0.4) is 0 Å². The number of nitrogens with one attached hydrogen (secondary N) is 1. The van der Waals surface area contributed by atoms with Crippen LogP contribution in [0.2, 0.25) is 5.02 Å². The van der Waals surface area contributed by atoms with E-state index >= 15 is 0 Å². The molecule has 0 aliphatic carbocycles. The standard InChI is InChI=1S/C21H31ClN6O/c1-14-13-28(18-6-4-5-11-27(18)20-24-19(23)25-26-20)17(21(2,3)29-14)12-15-7-9-16(22)10-8-15/h7-10,14,17-18H,4-6,11-13H2,1-3H3,(H3,23,24,25,26)/t14-,17-,18?/m0/s1. The van der Waals surface area contributed by atoms with Crippen molar-refractivity contribution in [3.05, 3.63) is 34.9 Å². The third-order valence-electron chi connectivity index (χ3n) is 6.12.